The molecule has 3 aromatic carbocycles. The zero-order chi connectivity index (χ0) is 18.6. The van der Waals surface area contributed by atoms with Crippen molar-refractivity contribution in [2.75, 3.05) is 11.9 Å². The van der Waals surface area contributed by atoms with Crippen molar-refractivity contribution in [2.24, 2.45) is 0 Å². The van der Waals surface area contributed by atoms with Gasteiger partial charge < -0.3 is 10.4 Å². The summed E-state index contributed by atoms with van der Waals surface area (Å²) in [6.45, 7) is 0.420. The number of aromatic nitrogens is 2. The van der Waals surface area contributed by atoms with Crippen LogP contribution in [0.4, 0.5) is 5.69 Å². The van der Waals surface area contributed by atoms with E-state index in [1.807, 2.05) is 72.8 Å². The Hall–Kier alpha value is -3.44. The minimum atomic E-state index is -0.573. The predicted molar refractivity (Wildman–Crippen MR) is 108 cm³/mol. The van der Waals surface area contributed by atoms with Gasteiger partial charge in [-0.2, -0.15) is 5.10 Å². The molecular weight excluding hydrogens is 338 g/mol. The molecule has 1 unspecified atom stereocenters. The lowest BCUT2D eigenvalue weighted by Gasteiger charge is -2.13. The molecule has 0 saturated heterocycles. The van der Waals surface area contributed by atoms with E-state index in [2.05, 4.69) is 15.5 Å². The summed E-state index contributed by atoms with van der Waals surface area (Å²) in [5.41, 5.74) is 3.24. The van der Waals surface area contributed by atoms with E-state index >= 15 is 0 Å². The number of benzene rings is 3. The highest BCUT2D eigenvalue weighted by atomic mass is 16.3. The zero-order valence-corrected chi connectivity index (χ0v) is 14.6. The van der Waals surface area contributed by atoms with Crippen LogP contribution in [0.25, 0.3) is 22.0 Å². The average molecular weight is 357 g/mol. The molecule has 0 bridgehead atoms. The number of hydrogen-bond donors (Lipinski definition) is 3. The smallest absolute Gasteiger partial charge is 0.272 e. The first-order valence-electron chi connectivity index (χ1n) is 8.77. The number of nitrogens with one attached hydrogen (secondary N) is 2. The first-order valence-corrected chi connectivity index (χ1v) is 8.77. The lowest BCUT2D eigenvalue weighted by molar-refractivity contribution is 0.191. The van der Waals surface area contributed by atoms with Gasteiger partial charge >= 0.3 is 0 Å². The van der Waals surface area contributed by atoms with Crippen molar-refractivity contribution in [1.29, 1.82) is 0 Å². The Morgan fingerprint density at radius 3 is 2.30 bits per heavy atom. The number of aromatic amines is 1. The van der Waals surface area contributed by atoms with Crippen LogP contribution in [0.3, 0.4) is 0 Å². The Kier molecular flexibility index (Phi) is 4.68. The van der Waals surface area contributed by atoms with Crippen molar-refractivity contribution in [3.05, 3.63) is 94.8 Å². The third-order valence-electron chi connectivity index (χ3n) is 4.54. The Morgan fingerprint density at radius 2 is 1.56 bits per heavy atom. The average Bonchev–Trinajstić information content (AvgIpc) is 2.74. The van der Waals surface area contributed by atoms with Crippen LogP contribution in [-0.2, 0) is 0 Å². The summed E-state index contributed by atoms with van der Waals surface area (Å²) in [4.78, 5) is 11.9. The fourth-order valence-electron chi connectivity index (χ4n) is 3.09. The topological polar surface area (TPSA) is 78.0 Å². The number of hydrogen-bond acceptors (Lipinski definition) is 4. The van der Waals surface area contributed by atoms with Crippen molar-refractivity contribution < 1.29 is 5.11 Å². The van der Waals surface area contributed by atoms with Crippen molar-refractivity contribution in [2.45, 2.75) is 6.10 Å². The molecule has 5 nitrogen and oxygen atoms in total. The number of anilines is 1. The van der Waals surface area contributed by atoms with Crippen LogP contribution >= 0.6 is 0 Å². The van der Waals surface area contributed by atoms with E-state index in [1.54, 1.807) is 6.07 Å². The van der Waals surface area contributed by atoms with Crippen LogP contribution < -0.4 is 10.9 Å². The van der Waals surface area contributed by atoms with Gasteiger partial charge in [0.05, 0.1) is 17.2 Å². The summed E-state index contributed by atoms with van der Waals surface area (Å²) in [6, 6.07) is 24.8. The highest BCUT2D eigenvalue weighted by Crippen LogP contribution is 2.25. The molecule has 1 heterocycles. The second-order valence-electron chi connectivity index (χ2n) is 6.33. The molecule has 134 valence electrons. The van der Waals surface area contributed by atoms with Crippen molar-refractivity contribution in [1.82, 2.24) is 10.2 Å². The summed E-state index contributed by atoms with van der Waals surface area (Å²) in [6.07, 6.45) is -0.573. The molecule has 0 aliphatic rings. The number of aliphatic hydroxyl groups excluding tert-OH is 1. The third kappa shape index (κ3) is 3.59. The van der Waals surface area contributed by atoms with Crippen LogP contribution in [0.1, 0.15) is 11.7 Å². The Bertz CT molecular complexity index is 1110. The fourth-order valence-corrected chi connectivity index (χ4v) is 3.09. The number of aliphatic hydroxyl groups is 1. The number of H-pyrrole nitrogens is 1. The normalized spacial score (nSPS) is 12.0. The number of rotatable bonds is 5. The van der Waals surface area contributed by atoms with Crippen LogP contribution in [0.15, 0.2) is 83.7 Å². The largest absolute Gasteiger partial charge is 0.387 e. The van der Waals surface area contributed by atoms with Gasteiger partial charge in [0, 0.05) is 23.2 Å². The first kappa shape index (κ1) is 17.0. The third-order valence-corrected chi connectivity index (χ3v) is 4.54. The summed E-state index contributed by atoms with van der Waals surface area (Å²) in [7, 11) is 0. The minimum absolute atomic E-state index is 0.192. The lowest BCUT2D eigenvalue weighted by atomic mass is 10.0. The molecule has 0 aliphatic heterocycles. The van der Waals surface area contributed by atoms with Crippen LogP contribution in [0.2, 0.25) is 0 Å². The van der Waals surface area contributed by atoms with E-state index in [0.717, 1.165) is 27.9 Å². The molecule has 5 heteroatoms. The molecule has 1 aromatic heterocycles. The Balaban J connectivity index is 1.53. The molecule has 0 radical (unpaired) electrons. The van der Waals surface area contributed by atoms with Crippen LogP contribution in [-0.4, -0.2) is 21.8 Å². The molecule has 4 rings (SSSR count). The highest BCUT2D eigenvalue weighted by molar-refractivity contribution is 5.93. The summed E-state index contributed by atoms with van der Waals surface area (Å²) < 4.78 is 0. The van der Waals surface area contributed by atoms with Gasteiger partial charge in [0.25, 0.3) is 5.56 Å². The molecule has 0 amide bonds. The number of fused-ring (bicyclic) bond motifs is 1. The molecule has 1 atom stereocenters. The molecule has 0 spiro atoms. The summed E-state index contributed by atoms with van der Waals surface area (Å²) in [5, 5.41) is 21.7. The van der Waals surface area contributed by atoms with Crippen LogP contribution in [0, 0.1) is 0 Å². The molecule has 27 heavy (non-hydrogen) atoms. The predicted octanol–water partition coefficient (Wildman–Crippen LogP) is 3.74. The maximum atomic E-state index is 11.9. The molecule has 0 saturated carbocycles. The molecule has 0 fully saturated rings. The van der Waals surface area contributed by atoms with Crippen molar-refractivity contribution in [3.63, 3.8) is 0 Å². The monoisotopic (exact) mass is 357 g/mol. The fraction of sp³-hybridized carbons (Fsp3) is 0.0909. The van der Waals surface area contributed by atoms with E-state index in [9.17, 15) is 9.90 Å². The molecule has 4 aromatic rings. The van der Waals surface area contributed by atoms with Crippen molar-refractivity contribution >= 4 is 16.5 Å². The van der Waals surface area contributed by atoms with Gasteiger partial charge in [-0.05, 0) is 23.8 Å². The maximum absolute atomic E-state index is 11.9. The van der Waals surface area contributed by atoms with Gasteiger partial charge in [-0.25, -0.2) is 5.10 Å². The summed E-state index contributed by atoms with van der Waals surface area (Å²) >= 11 is 0. The number of nitrogens with zero attached hydrogens (tertiary/aromatic N) is 1. The maximum Gasteiger partial charge on any atom is 0.272 e. The van der Waals surface area contributed by atoms with E-state index in [0.29, 0.717) is 11.9 Å². The van der Waals surface area contributed by atoms with E-state index in [1.165, 1.54) is 0 Å². The second kappa shape index (κ2) is 7.43. The van der Waals surface area contributed by atoms with Gasteiger partial charge in [0.15, 0.2) is 0 Å². The lowest BCUT2D eigenvalue weighted by Crippen LogP contribution is -2.12. The quantitative estimate of drug-likeness (QED) is 0.508. The van der Waals surface area contributed by atoms with E-state index in [-0.39, 0.29) is 5.56 Å². The SMILES string of the molecule is O=c1[nH]nc(-c2ccc(NCC(O)c3ccccc3)cc2)c2ccccc12. The molecule has 3 N–H and O–H groups in total. The Morgan fingerprint density at radius 1 is 0.889 bits per heavy atom. The van der Waals surface area contributed by atoms with Gasteiger partial charge in [-0.3, -0.25) is 4.79 Å². The van der Waals surface area contributed by atoms with E-state index < -0.39 is 6.10 Å². The van der Waals surface area contributed by atoms with Gasteiger partial charge in [-0.15, -0.1) is 0 Å². The molecular formula is C22H19N3O2. The molecule has 0 aliphatic carbocycles. The van der Waals surface area contributed by atoms with Crippen LogP contribution in [0.5, 0.6) is 0 Å². The standard InChI is InChI=1S/C22H19N3O2/c26-20(15-6-2-1-3-7-15)14-23-17-12-10-16(11-13-17)21-18-8-4-5-9-19(18)22(27)25-24-21/h1-13,20,23,26H,14H2,(H,25,27). The van der Waals surface area contributed by atoms with Gasteiger partial charge in [0.1, 0.15) is 0 Å². The second-order valence-corrected chi connectivity index (χ2v) is 6.33. The van der Waals surface area contributed by atoms with Gasteiger partial charge in [0.2, 0.25) is 0 Å². The van der Waals surface area contributed by atoms with Gasteiger partial charge in [-0.1, -0.05) is 60.7 Å². The zero-order valence-electron chi connectivity index (χ0n) is 14.6. The highest BCUT2D eigenvalue weighted by Gasteiger charge is 2.09. The van der Waals surface area contributed by atoms with Crippen molar-refractivity contribution in [3.8, 4) is 11.3 Å². The Labute approximate surface area is 156 Å². The summed E-state index contributed by atoms with van der Waals surface area (Å²) in [5.74, 6) is 0. The minimum Gasteiger partial charge on any atom is -0.387 e. The van der Waals surface area contributed by atoms with E-state index in [4.69, 9.17) is 0 Å². The first-order chi connectivity index (χ1) is 13.2.